The zero-order valence-corrected chi connectivity index (χ0v) is 15.1. The maximum absolute atomic E-state index is 11.8. The first kappa shape index (κ1) is 17.5. The third kappa shape index (κ3) is 4.60. The number of hydrogen-bond donors (Lipinski definition) is 0. The second kappa shape index (κ2) is 8.16. The molecule has 0 saturated carbocycles. The van der Waals surface area contributed by atoms with Gasteiger partial charge in [0.2, 0.25) is 6.10 Å². The molecule has 0 aliphatic carbocycles. The minimum Gasteiger partial charge on any atom is -0.482 e. The van der Waals surface area contributed by atoms with Crippen LogP contribution in [0.3, 0.4) is 0 Å². The van der Waals surface area contributed by atoms with Crippen molar-refractivity contribution in [2.75, 3.05) is 18.1 Å². The summed E-state index contributed by atoms with van der Waals surface area (Å²) in [5.41, 5.74) is 1.27. The van der Waals surface area contributed by atoms with Crippen molar-refractivity contribution < 1.29 is 23.8 Å². The number of thioether (sulfide) groups is 2. The Balaban J connectivity index is 1.46. The van der Waals surface area contributed by atoms with Gasteiger partial charge in [0.25, 0.3) is 0 Å². The van der Waals surface area contributed by atoms with Crippen LogP contribution in [0.15, 0.2) is 24.3 Å². The maximum Gasteiger partial charge on any atom is 0.347 e. The molecule has 0 N–H and O–H groups in total. The molecule has 2 atom stereocenters. The van der Waals surface area contributed by atoms with Crippen LogP contribution in [-0.2, 0) is 19.1 Å². The molecule has 1 aromatic rings. The van der Waals surface area contributed by atoms with Crippen LogP contribution in [0.2, 0.25) is 0 Å². The first-order valence-electron chi connectivity index (χ1n) is 7.98. The van der Waals surface area contributed by atoms with Crippen molar-refractivity contribution in [2.45, 2.75) is 36.6 Å². The van der Waals surface area contributed by atoms with E-state index < -0.39 is 18.0 Å². The van der Waals surface area contributed by atoms with E-state index in [4.69, 9.17) is 14.2 Å². The Labute approximate surface area is 149 Å². The van der Waals surface area contributed by atoms with E-state index in [0.29, 0.717) is 16.8 Å². The average molecular weight is 368 g/mol. The normalized spacial score (nSPS) is 24.5. The first-order valence-corrected chi connectivity index (χ1v) is 10.1. The SMILES string of the molecule is CC1CC(OC(=O)COc2ccc(C3SCCCS3)cc2)C(=O)O1. The highest BCUT2D eigenvalue weighted by atomic mass is 32.2. The number of carbonyl (C=O) groups excluding carboxylic acids is 2. The van der Waals surface area contributed by atoms with Crippen LogP contribution < -0.4 is 4.74 Å². The second-order valence-electron chi connectivity index (χ2n) is 5.75. The maximum atomic E-state index is 11.8. The van der Waals surface area contributed by atoms with E-state index in [1.165, 1.54) is 23.5 Å². The molecular formula is C17H20O5S2. The Hall–Kier alpha value is -1.34. The van der Waals surface area contributed by atoms with Crippen LogP contribution in [0.25, 0.3) is 0 Å². The largest absolute Gasteiger partial charge is 0.482 e. The third-order valence-corrected chi connectivity index (χ3v) is 6.75. The molecule has 2 fully saturated rings. The van der Waals surface area contributed by atoms with Gasteiger partial charge in [-0.15, -0.1) is 23.5 Å². The summed E-state index contributed by atoms with van der Waals surface area (Å²) in [6.07, 6.45) is 0.649. The first-order chi connectivity index (χ1) is 11.6. The van der Waals surface area contributed by atoms with E-state index in [2.05, 4.69) is 0 Å². The zero-order chi connectivity index (χ0) is 16.9. The molecule has 0 spiro atoms. The molecule has 24 heavy (non-hydrogen) atoms. The lowest BCUT2D eigenvalue weighted by atomic mass is 10.2. The lowest BCUT2D eigenvalue weighted by Gasteiger charge is -2.21. The Bertz CT molecular complexity index is 583. The number of cyclic esters (lactones) is 1. The Kier molecular flexibility index (Phi) is 5.94. The fourth-order valence-electron chi connectivity index (χ4n) is 2.55. The molecule has 0 bridgehead atoms. The molecule has 0 amide bonds. The van der Waals surface area contributed by atoms with Crippen LogP contribution in [0.5, 0.6) is 5.75 Å². The van der Waals surface area contributed by atoms with E-state index >= 15 is 0 Å². The molecule has 130 valence electrons. The fraction of sp³-hybridized carbons (Fsp3) is 0.529. The van der Waals surface area contributed by atoms with E-state index in [1.807, 2.05) is 47.8 Å². The predicted octanol–water partition coefficient (Wildman–Crippen LogP) is 3.18. The highest BCUT2D eigenvalue weighted by Crippen LogP contribution is 2.43. The van der Waals surface area contributed by atoms with Crippen LogP contribution >= 0.6 is 23.5 Å². The van der Waals surface area contributed by atoms with Crippen molar-refractivity contribution in [1.82, 2.24) is 0 Å². The van der Waals surface area contributed by atoms with Crippen LogP contribution in [0.4, 0.5) is 0 Å². The van der Waals surface area contributed by atoms with Crippen LogP contribution in [-0.4, -0.2) is 42.3 Å². The van der Waals surface area contributed by atoms with E-state index in [-0.39, 0.29) is 12.7 Å². The summed E-state index contributed by atoms with van der Waals surface area (Å²) in [5.74, 6) is 1.97. The van der Waals surface area contributed by atoms with Gasteiger partial charge in [-0.1, -0.05) is 12.1 Å². The van der Waals surface area contributed by atoms with E-state index in [9.17, 15) is 9.59 Å². The molecule has 1 aromatic carbocycles. The molecule has 2 heterocycles. The fourth-order valence-corrected chi connectivity index (χ4v) is 5.45. The molecule has 2 aliphatic rings. The Morgan fingerprint density at radius 3 is 2.58 bits per heavy atom. The molecule has 2 saturated heterocycles. The molecular weight excluding hydrogens is 348 g/mol. The molecule has 5 nitrogen and oxygen atoms in total. The minimum absolute atomic E-state index is 0.209. The van der Waals surface area contributed by atoms with Gasteiger partial charge < -0.3 is 14.2 Å². The van der Waals surface area contributed by atoms with E-state index in [1.54, 1.807) is 6.92 Å². The summed E-state index contributed by atoms with van der Waals surface area (Å²) in [5, 5.41) is 0. The molecule has 2 unspecified atom stereocenters. The van der Waals surface area contributed by atoms with Crippen LogP contribution in [0.1, 0.15) is 29.9 Å². The smallest absolute Gasteiger partial charge is 0.347 e. The number of rotatable bonds is 5. The van der Waals surface area contributed by atoms with Gasteiger partial charge in [0.15, 0.2) is 6.61 Å². The molecule has 7 heteroatoms. The summed E-state index contributed by atoms with van der Waals surface area (Å²) in [6, 6.07) is 7.80. The number of ether oxygens (including phenoxy) is 3. The summed E-state index contributed by atoms with van der Waals surface area (Å²) >= 11 is 3.93. The monoisotopic (exact) mass is 368 g/mol. The van der Waals surface area contributed by atoms with E-state index in [0.717, 1.165) is 0 Å². The highest BCUT2D eigenvalue weighted by molar-refractivity contribution is 8.16. The van der Waals surface area contributed by atoms with Gasteiger partial charge in [-0.25, -0.2) is 9.59 Å². The highest BCUT2D eigenvalue weighted by Gasteiger charge is 2.35. The average Bonchev–Trinajstić information content (AvgIpc) is 2.91. The van der Waals surface area contributed by atoms with Crippen molar-refractivity contribution in [3.63, 3.8) is 0 Å². The summed E-state index contributed by atoms with van der Waals surface area (Å²) in [4.78, 5) is 23.2. The zero-order valence-electron chi connectivity index (χ0n) is 13.4. The number of carbonyl (C=O) groups is 2. The van der Waals surface area contributed by atoms with Gasteiger partial charge >= 0.3 is 11.9 Å². The van der Waals surface area contributed by atoms with Gasteiger partial charge in [0.05, 0.1) is 4.58 Å². The molecule has 2 aliphatic heterocycles. The number of esters is 2. The third-order valence-electron chi connectivity index (χ3n) is 3.74. The van der Waals surface area contributed by atoms with Gasteiger partial charge in [-0.2, -0.15) is 0 Å². The molecule has 0 aromatic heterocycles. The summed E-state index contributed by atoms with van der Waals surface area (Å²) in [6.45, 7) is 1.55. The van der Waals surface area contributed by atoms with Crippen molar-refractivity contribution in [3.05, 3.63) is 29.8 Å². The Morgan fingerprint density at radius 1 is 1.25 bits per heavy atom. The quantitative estimate of drug-likeness (QED) is 0.740. The molecule has 0 radical (unpaired) electrons. The standard InChI is InChI=1S/C17H20O5S2/c1-11-9-14(16(19)21-11)22-15(18)10-20-13-5-3-12(4-6-13)17-23-7-2-8-24-17/h3-6,11,14,17H,2,7-10H2,1H3. The second-order valence-corrected chi connectivity index (χ2v) is 8.47. The van der Waals surface area contributed by atoms with Crippen molar-refractivity contribution in [2.24, 2.45) is 0 Å². The summed E-state index contributed by atoms with van der Waals surface area (Å²) < 4.78 is 16.0. The van der Waals surface area contributed by atoms with Gasteiger partial charge in [-0.3, -0.25) is 0 Å². The van der Waals surface area contributed by atoms with Gasteiger partial charge in [0, 0.05) is 6.42 Å². The predicted molar refractivity (Wildman–Crippen MR) is 94.3 cm³/mol. The Morgan fingerprint density at radius 2 is 1.96 bits per heavy atom. The number of benzene rings is 1. The van der Waals surface area contributed by atoms with Crippen molar-refractivity contribution in [3.8, 4) is 5.75 Å². The lowest BCUT2D eigenvalue weighted by Crippen LogP contribution is -2.26. The molecule has 3 rings (SSSR count). The van der Waals surface area contributed by atoms with Gasteiger partial charge in [0.1, 0.15) is 11.9 Å². The minimum atomic E-state index is -0.807. The van der Waals surface area contributed by atoms with Crippen LogP contribution in [0, 0.1) is 0 Å². The lowest BCUT2D eigenvalue weighted by molar-refractivity contribution is -0.162. The van der Waals surface area contributed by atoms with Gasteiger partial charge in [-0.05, 0) is 42.5 Å². The topological polar surface area (TPSA) is 61.8 Å². The van der Waals surface area contributed by atoms with Crippen molar-refractivity contribution in [1.29, 1.82) is 0 Å². The summed E-state index contributed by atoms with van der Waals surface area (Å²) in [7, 11) is 0. The number of hydrogen-bond acceptors (Lipinski definition) is 7. The van der Waals surface area contributed by atoms with Crippen molar-refractivity contribution >= 4 is 35.5 Å².